The molecule has 1 aliphatic rings. The summed E-state index contributed by atoms with van der Waals surface area (Å²) in [7, 11) is 0. The predicted molar refractivity (Wildman–Crippen MR) is 104 cm³/mol. The summed E-state index contributed by atoms with van der Waals surface area (Å²) < 4.78 is 18.6. The normalized spacial score (nSPS) is 17.8. The molecule has 152 valence electrons. The van der Waals surface area contributed by atoms with Gasteiger partial charge < -0.3 is 19.3 Å². The number of aromatic nitrogens is 5. The maximum absolute atomic E-state index is 12.7. The molecule has 30 heavy (non-hydrogen) atoms. The van der Waals surface area contributed by atoms with Crippen LogP contribution in [0.4, 0.5) is 0 Å². The molecule has 1 aliphatic heterocycles. The van der Waals surface area contributed by atoms with Crippen molar-refractivity contribution in [1.82, 2.24) is 30.1 Å². The summed E-state index contributed by atoms with van der Waals surface area (Å²) in [5.41, 5.74) is 1.35. The largest absolute Gasteiger partial charge is 0.482 e. The zero-order valence-corrected chi connectivity index (χ0v) is 16.3. The Bertz CT molecular complexity index is 1230. The van der Waals surface area contributed by atoms with Gasteiger partial charge in [0, 0.05) is 11.8 Å². The molecule has 10 heteroatoms. The van der Waals surface area contributed by atoms with Crippen LogP contribution in [-0.4, -0.2) is 42.9 Å². The van der Waals surface area contributed by atoms with Crippen molar-refractivity contribution in [2.75, 3.05) is 0 Å². The van der Waals surface area contributed by atoms with E-state index in [1.54, 1.807) is 36.6 Å². The number of aryl methyl sites for hydroxylation is 1. The van der Waals surface area contributed by atoms with Crippen molar-refractivity contribution >= 4 is 11.6 Å². The van der Waals surface area contributed by atoms with Gasteiger partial charge in [-0.2, -0.15) is 4.98 Å². The lowest BCUT2D eigenvalue weighted by Crippen LogP contribution is -2.48. The summed E-state index contributed by atoms with van der Waals surface area (Å²) in [6.07, 6.45) is 0.618. The number of nitrogens with one attached hydrogen (secondary N) is 1. The Labute approximate surface area is 170 Å². The topological polar surface area (TPSA) is 117 Å². The summed E-state index contributed by atoms with van der Waals surface area (Å²) in [5.74, 6) is 2.44. The molecular weight excluding hydrogens is 388 g/mol. The molecular formula is C20H18N6O4. The van der Waals surface area contributed by atoms with E-state index in [2.05, 4.69) is 25.7 Å². The van der Waals surface area contributed by atoms with Gasteiger partial charge in [-0.3, -0.25) is 9.20 Å². The van der Waals surface area contributed by atoms with Crippen molar-refractivity contribution in [2.24, 2.45) is 0 Å². The van der Waals surface area contributed by atoms with Crippen LogP contribution in [0.3, 0.4) is 0 Å². The molecule has 0 saturated heterocycles. The van der Waals surface area contributed by atoms with Gasteiger partial charge in [0.25, 0.3) is 11.8 Å². The number of para-hydroxylation sites is 2. The third-order valence-electron chi connectivity index (χ3n) is 4.78. The van der Waals surface area contributed by atoms with Gasteiger partial charge in [-0.25, -0.2) is 0 Å². The second-order valence-corrected chi connectivity index (χ2v) is 6.93. The van der Waals surface area contributed by atoms with Crippen LogP contribution in [-0.2, 0) is 11.3 Å². The van der Waals surface area contributed by atoms with Crippen LogP contribution in [0, 0.1) is 6.92 Å². The highest BCUT2D eigenvalue weighted by Gasteiger charge is 2.34. The average molecular weight is 406 g/mol. The highest BCUT2D eigenvalue weighted by atomic mass is 16.6. The first-order chi connectivity index (χ1) is 14.6. The molecule has 10 nitrogen and oxygen atoms in total. The molecule has 1 amide bonds. The van der Waals surface area contributed by atoms with E-state index in [0.29, 0.717) is 34.7 Å². The van der Waals surface area contributed by atoms with Crippen LogP contribution in [0.2, 0.25) is 0 Å². The van der Waals surface area contributed by atoms with E-state index in [1.165, 1.54) is 0 Å². The third-order valence-corrected chi connectivity index (χ3v) is 4.78. The second kappa shape index (κ2) is 7.14. The first kappa shape index (κ1) is 18.1. The van der Waals surface area contributed by atoms with Crippen LogP contribution in [0.15, 0.2) is 47.1 Å². The highest BCUT2D eigenvalue weighted by Crippen LogP contribution is 2.33. The van der Waals surface area contributed by atoms with Crippen LogP contribution in [0.1, 0.15) is 18.6 Å². The quantitative estimate of drug-likeness (QED) is 0.546. The molecule has 1 aromatic carbocycles. The van der Waals surface area contributed by atoms with E-state index in [1.807, 2.05) is 24.3 Å². The SMILES string of the molecule is Cc1noc(-c2ccn3c(CNC(=O)[C@H]4Oc5ccccc5O[C@H]4C)nnc3c2)n1. The molecule has 0 aliphatic carbocycles. The van der Waals surface area contributed by atoms with Crippen LogP contribution in [0.5, 0.6) is 11.5 Å². The number of carbonyl (C=O) groups is 1. The number of pyridine rings is 1. The summed E-state index contributed by atoms with van der Waals surface area (Å²) in [4.78, 5) is 16.9. The average Bonchev–Trinajstić information content (AvgIpc) is 3.37. The first-order valence-electron chi connectivity index (χ1n) is 9.43. The Hall–Kier alpha value is -3.95. The maximum atomic E-state index is 12.7. The lowest BCUT2D eigenvalue weighted by molar-refractivity contribution is -0.133. The van der Waals surface area contributed by atoms with Crippen molar-refractivity contribution < 1.29 is 18.8 Å². The zero-order chi connectivity index (χ0) is 20.7. The van der Waals surface area contributed by atoms with E-state index in [4.69, 9.17) is 14.0 Å². The van der Waals surface area contributed by atoms with Crippen LogP contribution >= 0.6 is 0 Å². The minimum absolute atomic E-state index is 0.188. The monoisotopic (exact) mass is 406 g/mol. The molecule has 0 saturated carbocycles. The number of hydrogen-bond donors (Lipinski definition) is 1. The Morgan fingerprint density at radius 2 is 1.97 bits per heavy atom. The molecule has 1 N–H and O–H groups in total. The number of fused-ring (bicyclic) bond motifs is 2. The third kappa shape index (κ3) is 3.21. The molecule has 0 fully saturated rings. The maximum Gasteiger partial charge on any atom is 0.265 e. The van der Waals surface area contributed by atoms with Crippen LogP contribution in [0.25, 0.3) is 17.1 Å². The molecule has 0 radical (unpaired) electrons. The summed E-state index contributed by atoms with van der Waals surface area (Å²) in [6.45, 7) is 3.74. The first-order valence-corrected chi connectivity index (χ1v) is 9.43. The molecule has 0 spiro atoms. The highest BCUT2D eigenvalue weighted by molar-refractivity contribution is 5.82. The number of benzene rings is 1. The standard InChI is InChI=1S/C20H18N6O4/c1-11-18(29-15-6-4-3-5-14(15)28-11)19(27)21-10-17-24-23-16-9-13(7-8-26(16)17)20-22-12(2)25-30-20/h3-9,11,18H,10H2,1-2H3,(H,21,27)/t11-,18-/m0/s1. The van der Waals surface area contributed by atoms with Gasteiger partial charge in [-0.1, -0.05) is 17.3 Å². The minimum atomic E-state index is -0.758. The van der Waals surface area contributed by atoms with Gasteiger partial charge >= 0.3 is 0 Å². The molecule has 3 aromatic heterocycles. The molecule has 5 rings (SSSR count). The molecule has 0 bridgehead atoms. The number of nitrogens with zero attached hydrogens (tertiary/aromatic N) is 5. The smallest absolute Gasteiger partial charge is 0.265 e. The van der Waals surface area contributed by atoms with Gasteiger partial charge in [0.05, 0.1) is 6.54 Å². The van der Waals surface area contributed by atoms with E-state index in [-0.39, 0.29) is 12.5 Å². The summed E-state index contributed by atoms with van der Waals surface area (Å²) in [6, 6.07) is 10.9. The zero-order valence-electron chi connectivity index (χ0n) is 16.3. The van der Waals surface area contributed by atoms with E-state index in [0.717, 1.165) is 5.56 Å². The Balaban J connectivity index is 1.30. The number of ether oxygens (including phenoxy) is 2. The Kier molecular flexibility index (Phi) is 4.31. The van der Waals surface area contributed by atoms with Crippen molar-refractivity contribution in [2.45, 2.75) is 32.6 Å². The van der Waals surface area contributed by atoms with E-state index >= 15 is 0 Å². The summed E-state index contributed by atoms with van der Waals surface area (Å²) >= 11 is 0. The fraction of sp³-hybridized carbons (Fsp3) is 0.250. The van der Waals surface area contributed by atoms with E-state index < -0.39 is 12.2 Å². The van der Waals surface area contributed by atoms with Crippen molar-refractivity contribution in [3.05, 3.63) is 54.2 Å². The molecule has 2 atom stereocenters. The number of hydrogen-bond acceptors (Lipinski definition) is 8. The minimum Gasteiger partial charge on any atom is -0.482 e. The lowest BCUT2D eigenvalue weighted by atomic mass is 10.1. The second-order valence-electron chi connectivity index (χ2n) is 6.93. The van der Waals surface area contributed by atoms with Crippen molar-refractivity contribution in [1.29, 1.82) is 0 Å². The molecule has 0 unspecified atom stereocenters. The summed E-state index contributed by atoms with van der Waals surface area (Å²) in [5, 5.41) is 15.0. The fourth-order valence-electron chi connectivity index (χ4n) is 3.28. The van der Waals surface area contributed by atoms with Crippen molar-refractivity contribution in [3.8, 4) is 23.0 Å². The Morgan fingerprint density at radius 3 is 2.73 bits per heavy atom. The van der Waals surface area contributed by atoms with Crippen molar-refractivity contribution in [3.63, 3.8) is 0 Å². The Morgan fingerprint density at radius 1 is 1.17 bits per heavy atom. The molecule has 4 aromatic rings. The fourth-order valence-corrected chi connectivity index (χ4v) is 3.28. The van der Waals surface area contributed by atoms with Gasteiger partial charge in [-0.05, 0) is 38.1 Å². The van der Waals surface area contributed by atoms with Gasteiger partial charge in [0.2, 0.25) is 6.10 Å². The number of amides is 1. The van der Waals surface area contributed by atoms with Crippen LogP contribution < -0.4 is 14.8 Å². The number of carbonyl (C=O) groups excluding carboxylic acids is 1. The van der Waals surface area contributed by atoms with Gasteiger partial charge in [-0.15, -0.1) is 10.2 Å². The molecule has 4 heterocycles. The number of rotatable bonds is 4. The van der Waals surface area contributed by atoms with Gasteiger partial charge in [0.1, 0.15) is 6.10 Å². The van der Waals surface area contributed by atoms with Gasteiger partial charge in [0.15, 0.2) is 28.8 Å². The lowest BCUT2D eigenvalue weighted by Gasteiger charge is -2.30. The predicted octanol–water partition coefficient (Wildman–Crippen LogP) is 1.93. The van der Waals surface area contributed by atoms with E-state index in [9.17, 15) is 4.79 Å².